The molecule has 1 aliphatic heterocycles. The standard InChI is InChI=1S/C11H13ClN6O2S/c12-9-15-10(13-6-8-2-5-21(19,20)7-8)17-11(16-9)18-4-1-3-14-18/h1,3-4,8H,2,5-7H2,(H,13,15,16,17). The highest BCUT2D eigenvalue weighted by Crippen LogP contribution is 2.19. The number of nitrogens with zero attached hydrogens (tertiary/aromatic N) is 5. The van der Waals surface area contributed by atoms with E-state index in [1.54, 1.807) is 18.5 Å². The lowest BCUT2D eigenvalue weighted by molar-refractivity contribution is 0.595. The second-order valence-corrected chi connectivity index (χ2v) is 7.40. The monoisotopic (exact) mass is 328 g/mol. The average molecular weight is 329 g/mol. The van der Waals surface area contributed by atoms with Gasteiger partial charge in [-0.05, 0) is 30.0 Å². The van der Waals surface area contributed by atoms with Crippen LogP contribution in [0.15, 0.2) is 18.5 Å². The molecule has 3 rings (SSSR count). The van der Waals surface area contributed by atoms with Crippen molar-refractivity contribution in [3.8, 4) is 5.95 Å². The number of hydrogen-bond acceptors (Lipinski definition) is 7. The SMILES string of the molecule is O=S1(=O)CCC(CNc2nc(Cl)nc(-n3cccn3)n2)C1. The Labute approximate surface area is 126 Å². The van der Waals surface area contributed by atoms with E-state index in [1.807, 2.05) is 0 Å². The van der Waals surface area contributed by atoms with Crippen LogP contribution in [0.4, 0.5) is 5.95 Å². The van der Waals surface area contributed by atoms with Gasteiger partial charge < -0.3 is 5.32 Å². The van der Waals surface area contributed by atoms with E-state index in [-0.39, 0.29) is 22.7 Å². The van der Waals surface area contributed by atoms with E-state index in [0.717, 1.165) is 0 Å². The molecule has 0 spiro atoms. The predicted octanol–water partition coefficient (Wildman–Crippen LogP) is 0.557. The van der Waals surface area contributed by atoms with Gasteiger partial charge in [-0.3, -0.25) is 0 Å². The van der Waals surface area contributed by atoms with Gasteiger partial charge >= 0.3 is 0 Å². The maximum absolute atomic E-state index is 11.4. The molecular formula is C11H13ClN6O2S. The fourth-order valence-electron chi connectivity index (χ4n) is 2.18. The maximum Gasteiger partial charge on any atom is 0.256 e. The van der Waals surface area contributed by atoms with Crippen molar-refractivity contribution < 1.29 is 8.42 Å². The zero-order valence-electron chi connectivity index (χ0n) is 11.0. The molecule has 0 bridgehead atoms. The average Bonchev–Trinajstić information content (AvgIpc) is 3.05. The lowest BCUT2D eigenvalue weighted by Gasteiger charge is -2.10. The molecule has 1 fully saturated rings. The van der Waals surface area contributed by atoms with Gasteiger partial charge in [0.2, 0.25) is 11.2 Å². The van der Waals surface area contributed by atoms with Crippen molar-refractivity contribution in [1.29, 1.82) is 0 Å². The van der Waals surface area contributed by atoms with Crippen LogP contribution < -0.4 is 5.32 Å². The second kappa shape index (κ2) is 5.57. The third kappa shape index (κ3) is 3.48. The first kappa shape index (κ1) is 14.2. The first-order chi connectivity index (χ1) is 10.0. The summed E-state index contributed by atoms with van der Waals surface area (Å²) in [5, 5.41) is 7.09. The normalized spacial score (nSPS) is 20.5. The highest BCUT2D eigenvalue weighted by molar-refractivity contribution is 7.91. The fourth-order valence-corrected chi connectivity index (χ4v) is 4.19. The lowest BCUT2D eigenvalue weighted by Crippen LogP contribution is -2.18. The maximum atomic E-state index is 11.4. The smallest absolute Gasteiger partial charge is 0.256 e. The molecule has 1 unspecified atom stereocenters. The highest BCUT2D eigenvalue weighted by Gasteiger charge is 2.27. The minimum atomic E-state index is -2.88. The number of aromatic nitrogens is 5. The van der Waals surface area contributed by atoms with Gasteiger partial charge in [-0.25, -0.2) is 13.1 Å². The van der Waals surface area contributed by atoms with E-state index in [9.17, 15) is 8.42 Å². The molecular weight excluding hydrogens is 316 g/mol. The van der Waals surface area contributed by atoms with Crippen molar-refractivity contribution in [2.24, 2.45) is 5.92 Å². The largest absolute Gasteiger partial charge is 0.354 e. The van der Waals surface area contributed by atoms with E-state index < -0.39 is 9.84 Å². The Morgan fingerprint density at radius 1 is 1.38 bits per heavy atom. The number of halogens is 1. The van der Waals surface area contributed by atoms with Gasteiger partial charge in [0.05, 0.1) is 11.5 Å². The van der Waals surface area contributed by atoms with Crippen LogP contribution in [-0.2, 0) is 9.84 Å². The van der Waals surface area contributed by atoms with Crippen molar-refractivity contribution in [3.05, 3.63) is 23.7 Å². The number of nitrogens with one attached hydrogen (secondary N) is 1. The summed E-state index contributed by atoms with van der Waals surface area (Å²) in [4.78, 5) is 12.2. The Morgan fingerprint density at radius 2 is 2.24 bits per heavy atom. The molecule has 21 heavy (non-hydrogen) atoms. The number of sulfone groups is 1. The number of anilines is 1. The van der Waals surface area contributed by atoms with Gasteiger partial charge in [0.15, 0.2) is 9.84 Å². The van der Waals surface area contributed by atoms with E-state index >= 15 is 0 Å². The molecule has 3 heterocycles. The van der Waals surface area contributed by atoms with E-state index in [2.05, 4.69) is 25.4 Å². The quantitative estimate of drug-likeness (QED) is 0.874. The van der Waals surface area contributed by atoms with Crippen molar-refractivity contribution >= 4 is 27.4 Å². The zero-order valence-corrected chi connectivity index (χ0v) is 12.5. The Balaban J connectivity index is 1.71. The van der Waals surface area contributed by atoms with Crippen molar-refractivity contribution in [3.63, 3.8) is 0 Å². The van der Waals surface area contributed by atoms with Gasteiger partial charge in [-0.2, -0.15) is 20.1 Å². The molecule has 1 aliphatic rings. The summed E-state index contributed by atoms with van der Waals surface area (Å²) in [7, 11) is -2.88. The second-order valence-electron chi connectivity index (χ2n) is 4.83. The number of rotatable bonds is 4. The summed E-state index contributed by atoms with van der Waals surface area (Å²) in [6.45, 7) is 0.484. The Hall–Kier alpha value is -1.74. The van der Waals surface area contributed by atoms with Crippen LogP contribution in [0.2, 0.25) is 5.28 Å². The fraction of sp³-hybridized carbons (Fsp3) is 0.455. The molecule has 1 N–H and O–H groups in total. The van der Waals surface area contributed by atoms with Crippen molar-refractivity contribution in [2.45, 2.75) is 6.42 Å². The van der Waals surface area contributed by atoms with Crippen LogP contribution in [0, 0.1) is 5.92 Å². The van der Waals surface area contributed by atoms with E-state index in [4.69, 9.17) is 11.6 Å². The van der Waals surface area contributed by atoms with Crippen LogP contribution in [-0.4, -0.2) is 51.2 Å². The summed E-state index contributed by atoms with van der Waals surface area (Å²) < 4.78 is 24.3. The predicted molar refractivity (Wildman–Crippen MR) is 77.2 cm³/mol. The molecule has 112 valence electrons. The van der Waals surface area contributed by atoms with Crippen molar-refractivity contribution in [2.75, 3.05) is 23.4 Å². The van der Waals surface area contributed by atoms with Crippen LogP contribution in [0.1, 0.15) is 6.42 Å². The molecule has 10 heteroatoms. The molecule has 0 amide bonds. The Bertz CT molecular complexity index is 733. The van der Waals surface area contributed by atoms with E-state index in [1.165, 1.54) is 4.68 Å². The molecule has 0 aromatic carbocycles. The molecule has 0 aliphatic carbocycles. The summed E-state index contributed by atoms with van der Waals surface area (Å²) >= 11 is 5.87. The summed E-state index contributed by atoms with van der Waals surface area (Å²) in [5.74, 6) is 1.13. The third-order valence-corrected chi connectivity index (χ3v) is 5.19. The molecule has 2 aromatic rings. The first-order valence-corrected chi connectivity index (χ1v) is 8.58. The molecule has 1 atom stereocenters. The molecule has 2 aromatic heterocycles. The van der Waals surface area contributed by atoms with Crippen LogP contribution in [0.3, 0.4) is 0 Å². The van der Waals surface area contributed by atoms with Gasteiger partial charge in [-0.15, -0.1) is 0 Å². The minimum absolute atomic E-state index is 0.0528. The first-order valence-electron chi connectivity index (χ1n) is 6.38. The Morgan fingerprint density at radius 3 is 2.90 bits per heavy atom. The van der Waals surface area contributed by atoms with Crippen LogP contribution >= 0.6 is 11.6 Å². The topological polar surface area (TPSA) is 103 Å². The minimum Gasteiger partial charge on any atom is -0.354 e. The van der Waals surface area contributed by atoms with Crippen molar-refractivity contribution in [1.82, 2.24) is 24.7 Å². The van der Waals surface area contributed by atoms with Gasteiger partial charge in [0, 0.05) is 18.9 Å². The Kier molecular flexibility index (Phi) is 3.77. The highest BCUT2D eigenvalue weighted by atomic mass is 35.5. The van der Waals surface area contributed by atoms with Gasteiger partial charge in [-0.1, -0.05) is 0 Å². The summed E-state index contributed by atoms with van der Waals surface area (Å²) in [5.41, 5.74) is 0. The van der Waals surface area contributed by atoms with Crippen LogP contribution in [0.25, 0.3) is 5.95 Å². The van der Waals surface area contributed by atoms with E-state index in [0.29, 0.717) is 24.9 Å². The summed E-state index contributed by atoms with van der Waals surface area (Å²) in [6, 6.07) is 1.74. The summed E-state index contributed by atoms with van der Waals surface area (Å²) in [6.07, 6.45) is 3.95. The van der Waals surface area contributed by atoms with Gasteiger partial charge in [0.25, 0.3) is 5.95 Å². The molecule has 0 saturated carbocycles. The zero-order chi connectivity index (χ0) is 14.9. The molecule has 8 nitrogen and oxygen atoms in total. The van der Waals surface area contributed by atoms with Crippen LogP contribution in [0.5, 0.6) is 0 Å². The molecule has 0 radical (unpaired) electrons. The molecule has 1 saturated heterocycles. The third-order valence-electron chi connectivity index (χ3n) is 3.18. The lowest BCUT2D eigenvalue weighted by atomic mass is 10.1. The van der Waals surface area contributed by atoms with Gasteiger partial charge in [0.1, 0.15) is 0 Å². The number of hydrogen-bond donors (Lipinski definition) is 1.